The van der Waals surface area contributed by atoms with Crippen LogP contribution in [0, 0.1) is 5.82 Å². The van der Waals surface area contributed by atoms with Gasteiger partial charge in [-0.1, -0.05) is 18.2 Å². The first-order chi connectivity index (χ1) is 12.2. The number of furan rings is 1. The van der Waals surface area contributed by atoms with E-state index in [1.165, 1.54) is 17.0 Å². The molecule has 130 valence electrons. The van der Waals surface area contributed by atoms with Crippen molar-refractivity contribution in [1.29, 1.82) is 0 Å². The van der Waals surface area contributed by atoms with Crippen LogP contribution in [0.2, 0.25) is 0 Å². The number of nitrogens with one attached hydrogen (secondary N) is 1. The molecule has 0 aliphatic carbocycles. The third-order valence-corrected chi connectivity index (χ3v) is 4.72. The largest absolute Gasteiger partial charge is 0.467 e. The van der Waals surface area contributed by atoms with Crippen molar-refractivity contribution in [2.24, 2.45) is 0 Å². The quantitative estimate of drug-likeness (QED) is 0.679. The number of hydrogen-bond donors (Lipinski definition) is 1. The van der Waals surface area contributed by atoms with Gasteiger partial charge in [0.1, 0.15) is 11.6 Å². The van der Waals surface area contributed by atoms with Crippen LogP contribution in [-0.2, 0) is 19.5 Å². The molecule has 0 bridgehead atoms. The predicted molar refractivity (Wildman–Crippen MR) is 95.8 cm³/mol. The van der Waals surface area contributed by atoms with Crippen LogP contribution in [0.25, 0.3) is 0 Å². The Morgan fingerprint density at radius 3 is 2.68 bits per heavy atom. The highest BCUT2D eigenvalue weighted by Gasteiger charge is 2.15. The standard InChI is InChI=1S/C19H19FN2O2S/c20-16-7-5-15(6-8-16)13-21-19(23)22(14-17-3-1-11-24-17)10-9-18-4-2-12-25-18/h1-8,11-12H,9-10,13-14H2,(H,21,23). The highest BCUT2D eigenvalue weighted by molar-refractivity contribution is 7.09. The molecule has 1 N–H and O–H groups in total. The topological polar surface area (TPSA) is 45.5 Å². The first kappa shape index (κ1) is 17.2. The fourth-order valence-corrected chi connectivity index (χ4v) is 3.13. The number of benzene rings is 1. The number of rotatable bonds is 7. The molecule has 0 unspecified atom stereocenters. The number of hydrogen-bond acceptors (Lipinski definition) is 3. The van der Waals surface area contributed by atoms with E-state index in [1.807, 2.05) is 23.6 Å². The lowest BCUT2D eigenvalue weighted by atomic mass is 10.2. The number of amides is 2. The van der Waals surface area contributed by atoms with Gasteiger partial charge in [-0.05, 0) is 47.7 Å². The van der Waals surface area contributed by atoms with Gasteiger partial charge < -0.3 is 14.6 Å². The van der Waals surface area contributed by atoms with E-state index in [0.29, 0.717) is 19.6 Å². The summed E-state index contributed by atoms with van der Waals surface area (Å²) in [7, 11) is 0. The van der Waals surface area contributed by atoms with E-state index in [2.05, 4.69) is 11.4 Å². The molecule has 0 atom stereocenters. The summed E-state index contributed by atoms with van der Waals surface area (Å²) >= 11 is 1.68. The van der Waals surface area contributed by atoms with Crippen LogP contribution < -0.4 is 5.32 Å². The molecule has 0 spiro atoms. The average molecular weight is 358 g/mol. The highest BCUT2D eigenvalue weighted by atomic mass is 32.1. The Labute approximate surface area is 149 Å². The van der Waals surface area contributed by atoms with E-state index < -0.39 is 0 Å². The second-order valence-electron chi connectivity index (χ2n) is 5.62. The van der Waals surface area contributed by atoms with Gasteiger partial charge in [-0.15, -0.1) is 11.3 Å². The zero-order valence-corrected chi connectivity index (χ0v) is 14.5. The molecule has 2 aromatic heterocycles. The van der Waals surface area contributed by atoms with Crippen molar-refractivity contribution in [3.8, 4) is 0 Å². The van der Waals surface area contributed by atoms with Crippen LogP contribution in [0.4, 0.5) is 9.18 Å². The van der Waals surface area contributed by atoms with Crippen LogP contribution in [0.15, 0.2) is 64.6 Å². The summed E-state index contributed by atoms with van der Waals surface area (Å²) in [4.78, 5) is 15.5. The molecule has 1 aromatic carbocycles. The molecular formula is C19H19FN2O2S. The van der Waals surface area contributed by atoms with E-state index in [-0.39, 0.29) is 11.8 Å². The van der Waals surface area contributed by atoms with Gasteiger partial charge in [-0.3, -0.25) is 0 Å². The smallest absolute Gasteiger partial charge is 0.318 e. The van der Waals surface area contributed by atoms with Crippen LogP contribution in [-0.4, -0.2) is 17.5 Å². The van der Waals surface area contributed by atoms with Gasteiger partial charge in [0.05, 0.1) is 12.8 Å². The Morgan fingerprint density at radius 2 is 2.00 bits per heavy atom. The number of halogens is 1. The van der Waals surface area contributed by atoms with Crippen molar-refractivity contribution in [3.05, 3.63) is 82.2 Å². The third kappa shape index (κ3) is 5.19. The van der Waals surface area contributed by atoms with E-state index in [1.54, 1.807) is 34.6 Å². The van der Waals surface area contributed by atoms with Crippen molar-refractivity contribution >= 4 is 17.4 Å². The summed E-state index contributed by atoms with van der Waals surface area (Å²) in [6, 6.07) is 13.7. The molecule has 3 rings (SSSR count). The normalized spacial score (nSPS) is 10.6. The lowest BCUT2D eigenvalue weighted by molar-refractivity contribution is 0.190. The second kappa shape index (κ2) is 8.48. The molecule has 0 radical (unpaired) electrons. The van der Waals surface area contributed by atoms with Gasteiger partial charge in [-0.25, -0.2) is 9.18 Å². The molecule has 0 saturated carbocycles. The zero-order chi connectivity index (χ0) is 17.5. The van der Waals surface area contributed by atoms with E-state index in [4.69, 9.17) is 4.42 Å². The van der Waals surface area contributed by atoms with Crippen LogP contribution >= 0.6 is 11.3 Å². The lowest BCUT2D eigenvalue weighted by Crippen LogP contribution is -2.40. The second-order valence-corrected chi connectivity index (χ2v) is 6.65. The fraction of sp³-hybridized carbons (Fsp3) is 0.211. The van der Waals surface area contributed by atoms with Crippen LogP contribution in [0.5, 0.6) is 0 Å². The molecule has 0 aliphatic heterocycles. The molecule has 6 heteroatoms. The molecule has 0 fully saturated rings. The van der Waals surface area contributed by atoms with Gasteiger partial charge in [-0.2, -0.15) is 0 Å². The Kier molecular flexibility index (Phi) is 5.85. The lowest BCUT2D eigenvalue weighted by Gasteiger charge is -2.22. The van der Waals surface area contributed by atoms with Gasteiger partial charge in [0.2, 0.25) is 0 Å². The molecule has 2 heterocycles. The van der Waals surface area contributed by atoms with Crippen molar-refractivity contribution in [3.63, 3.8) is 0 Å². The van der Waals surface area contributed by atoms with E-state index in [0.717, 1.165) is 17.7 Å². The van der Waals surface area contributed by atoms with Gasteiger partial charge in [0.25, 0.3) is 0 Å². The van der Waals surface area contributed by atoms with Crippen LogP contribution in [0.3, 0.4) is 0 Å². The summed E-state index contributed by atoms with van der Waals surface area (Å²) in [6.07, 6.45) is 2.39. The minimum atomic E-state index is -0.287. The highest BCUT2D eigenvalue weighted by Crippen LogP contribution is 2.12. The zero-order valence-electron chi connectivity index (χ0n) is 13.7. The van der Waals surface area contributed by atoms with E-state index >= 15 is 0 Å². The van der Waals surface area contributed by atoms with Gasteiger partial charge >= 0.3 is 6.03 Å². The molecule has 25 heavy (non-hydrogen) atoms. The summed E-state index contributed by atoms with van der Waals surface area (Å²) in [5.74, 6) is 0.452. The third-order valence-electron chi connectivity index (χ3n) is 3.78. The maximum Gasteiger partial charge on any atom is 0.318 e. The Bertz CT molecular complexity index is 770. The monoisotopic (exact) mass is 358 g/mol. The maximum absolute atomic E-state index is 13.0. The minimum absolute atomic E-state index is 0.169. The number of thiophene rings is 1. The first-order valence-corrected chi connectivity index (χ1v) is 8.90. The van der Waals surface area contributed by atoms with Gasteiger partial charge in [0, 0.05) is 18.0 Å². The van der Waals surface area contributed by atoms with Gasteiger partial charge in [0.15, 0.2) is 0 Å². The molecule has 4 nitrogen and oxygen atoms in total. The Hall–Kier alpha value is -2.60. The molecule has 0 aliphatic rings. The summed E-state index contributed by atoms with van der Waals surface area (Å²) in [5.41, 5.74) is 0.853. The summed E-state index contributed by atoms with van der Waals surface area (Å²) in [6.45, 7) is 1.36. The number of urea groups is 1. The van der Waals surface area contributed by atoms with E-state index in [9.17, 15) is 9.18 Å². The number of carbonyl (C=O) groups excluding carboxylic acids is 1. The number of carbonyl (C=O) groups is 1. The average Bonchev–Trinajstić information content (AvgIpc) is 3.31. The van der Waals surface area contributed by atoms with Crippen LogP contribution in [0.1, 0.15) is 16.2 Å². The fourth-order valence-electron chi connectivity index (χ4n) is 2.43. The predicted octanol–water partition coefficient (Wildman–Crippen LogP) is 4.43. The summed E-state index contributed by atoms with van der Waals surface area (Å²) < 4.78 is 18.3. The van der Waals surface area contributed by atoms with Crippen molar-refractivity contribution in [2.75, 3.05) is 6.54 Å². The Morgan fingerprint density at radius 1 is 1.16 bits per heavy atom. The maximum atomic E-state index is 13.0. The SMILES string of the molecule is O=C(NCc1ccc(F)cc1)N(CCc1cccs1)Cc1ccco1. The summed E-state index contributed by atoms with van der Waals surface area (Å²) in [5, 5.41) is 4.92. The molecule has 2 amide bonds. The first-order valence-electron chi connectivity index (χ1n) is 8.03. The number of nitrogens with zero attached hydrogens (tertiary/aromatic N) is 1. The van der Waals surface area contributed by atoms with Crippen molar-refractivity contribution in [2.45, 2.75) is 19.5 Å². The minimum Gasteiger partial charge on any atom is -0.467 e. The van der Waals surface area contributed by atoms with Crippen molar-refractivity contribution < 1.29 is 13.6 Å². The molecular weight excluding hydrogens is 339 g/mol. The molecule has 0 saturated heterocycles. The Balaban J connectivity index is 1.60. The molecule has 3 aromatic rings. The van der Waals surface area contributed by atoms with Crippen molar-refractivity contribution in [1.82, 2.24) is 10.2 Å².